The minimum absolute atomic E-state index is 0.223. The molecule has 1 heterocycles. The Morgan fingerprint density at radius 3 is 2.82 bits per heavy atom. The van der Waals surface area contributed by atoms with Crippen molar-refractivity contribution >= 4 is 5.97 Å². The van der Waals surface area contributed by atoms with Crippen molar-refractivity contribution in [3.05, 3.63) is 29.6 Å². The molecule has 1 aliphatic rings. The van der Waals surface area contributed by atoms with Gasteiger partial charge < -0.3 is 9.84 Å². The Morgan fingerprint density at radius 1 is 1.59 bits per heavy atom. The molecular formula is C12H14FNO3. The molecule has 0 radical (unpaired) electrons. The second-order valence-corrected chi connectivity index (χ2v) is 4.20. The lowest BCUT2D eigenvalue weighted by Gasteiger charge is -2.36. The highest BCUT2D eigenvalue weighted by atomic mass is 19.1. The first-order chi connectivity index (χ1) is 8.10. The van der Waals surface area contributed by atoms with Gasteiger partial charge in [-0.05, 0) is 17.7 Å². The number of hydrogen-bond donors (Lipinski definition) is 1. The zero-order valence-corrected chi connectivity index (χ0v) is 9.52. The van der Waals surface area contributed by atoms with Gasteiger partial charge in [0.05, 0.1) is 13.0 Å². The Bertz CT molecular complexity index is 430. The number of ether oxygens (including phenoxy) is 1. The second-order valence-electron chi connectivity index (χ2n) is 4.20. The van der Waals surface area contributed by atoms with E-state index in [2.05, 4.69) is 0 Å². The lowest BCUT2D eigenvalue weighted by Crippen LogP contribution is -2.49. The second kappa shape index (κ2) is 4.71. The maximum atomic E-state index is 13.4. The largest absolute Gasteiger partial charge is 0.494 e. The Hall–Kier alpha value is -1.62. The smallest absolute Gasteiger partial charge is 0.309 e. The van der Waals surface area contributed by atoms with Crippen LogP contribution >= 0.6 is 0 Å². The summed E-state index contributed by atoms with van der Waals surface area (Å²) in [5.74, 6) is -1.21. The molecule has 17 heavy (non-hydrogen) atoms. The van der Waals surface area contributed by atoms with Gasteiger partial charge in [-0.2, -0.15) is 0 Å². The minimum atomic E-state index is -0.762. The maximum absolute atomic E-state index is 13.4. The third-order valence-corrected chi connectivity index (χ3v) is 2.93. The normalized spacial score (nSPS) is 16.6. The number of likely N-dealkylation sites (tertiary alicyclic amines) is 1. The van der Waals surface area contributed by atoms with Crippen LogP contribution in [0.15, 0.2) is 18.2 Å². The van der Waals surface area contributed by atoms with Gasteiger partial charge in [0.2, 0.25) is 0 Å². The van der Waals surface area contributed by atoms with Gasteiger partial charge >= 0.3 is 5.97 Å². The fourth-order valence-corrected chi connectivity index (χ4v) is 1.92. The Kier molecular flexibility index (Phi) is 3.28. The summed E-state index contributed by atoms with van der Waals surface area (Å²) in [6.45, 7) is 1.64. The number of halogens is 1. The van der Waals surface area contributed by atoms with E-state index >= 15 is 0 Å². The first-order valence-electron chi connectivity index (χ1n) is 5.37. The molecule has 1 aromatic rings. The summed E-state index contributed by atoms with van der Waals surface area (Å²) < 4.78 is 18.2. The van der Waals surface area contributed by atoms with E-state index in [9.17, 15) is 9.18 Å². The van der Waals surface area contributed by atoms with E-state index in [1.807, 2.05) is 4.90 Å². The monoisotopic (exact) mass is 239 g/mol. The van der Waals surface area contributed by atoms with Crippen LogP contribution in [0.3, 0.4) is 0 Å². The highest BCUT2D eigenvalue weighted by Crippen LogP contribution is 2.22. The number of aliphatic carboxylic acids is 1. The number of benzene rings is 1. The van der Waals surface area contributed by atoms with Crippen molar-refractivity contribution in [3.8, 4) is 5.75 Å². The van der Waals surface area contributed by atoms with Crippen LogP contribution in [-0.4, -0.2) is 36.2 Å². The van der Waals surface area contributed by atoms with Crippen molar-refractivity contribution < 1.29 is 19.0 Å². The van der Waals surface area contributed by atoms with E-state index in [0.717, 1.165) is 5.56 Å². The quantitative estimate of drug-likeness (QED) is 0.861. The molecule has 0 aromatic heterocycles. The Balaban J connectivity index is 1.92. The van der Waals surface area contributed by atoms with Crippen LogP contribution in [0.5, 0.6) is 5.75 Å². The standard InChI is InChI=1S/C12H14FNO3/c1-17-11-3-2-8(4-10(11)13)5-14-6-9(7-14)12(15)16/h2-4,9H,5-7H2,1H3,(H,15,16). The molecule has 92 valence electrons. The molecule has 0 bridgehead atoms. The van der Waals surface area contributed by atoms with Crippen molar-refractivity contribution in [1.82, 2.24) is 4.90 Å². The fourth-order valence-electron chi connectivity index (χ4n) is 1.92. The van der Waals surface area contributed by atoms with Gasteiger partial charge in [-0.25, -0.2) is 4.39 Å². The molecule has 0 atom stereocenters. The van der Waals surface area contributed by atoms with Gasteiger partial charge in [0.25, 0.3) is 0 Å². The summed E-state index contributed by atoms with van der Waals surface area (Å²) in [7, 11) is 1.42. The summed E-state index contributed by atoms with van der Waals surface area (Å²) in [6.07, 6.45) is 0. The lowest BCUT2D eigenvalue weighted by atomic mass is 9.99. The summed E-state index contributed by atoms with van der Waals surface area (Å²) >= 11 is 0. The predicted octanol–water partition coefficient (Wildman–Crippen LogP) is 1.35. The summed E-state index contributed by atoms with van der Waals surface area (Å²) in [4.78, 5) is 12.6. The van der Waals surface area contributed by atoms with E-state index in [0.29, 0.717) is 19.6 Å². The molecule has 1 aromatic carbocycles. The molecule has 1 N–H and O–H groups in total. The number of rotatable bonds is 4. The Morgan fingerprint density at radius 2 is 2.29 bits per heavy atom. The van der Waals surface area contributed by atoms with Gasteiger partial charge in [-0.15, -0.1) is 0 Å². The Labute approximate surface area is 98.6 Å². The van der Waals surface area contributed by atoms with Crippen molar-refractivity contribution in [1.29, 1.82) is 0 Å². The number of hydrogen-bond acceptors (Lipinski definition) is 3. The van der Waals surface area contributed by atoms with Gasteiger partial charge in [0, 0.05) is 19.6 Å². The van der Waals surface area contributed by atoms with Crippen LogP contribution in [0.2, 0.25) is 0 Å². The number of nitrogens with zero attached hydrogens (tertiary/aromatic N) is 1. The highest BCUT2D eigenvalue weighted by Gasteiger charge is 2.32. The molecule has 5 heteroatoms. The molecule has 2 rings (SSSR count). The molecule has 1 aliphatic heterocycles. The van der Waals surface area contributed by atoms with Crippen LogP contribution in [-0.2, 0) is 11.3 Å². The third kappa shape index (κ3) is 2.55. The first kappa shape index (κ1) is 11.9. The molecule has 0 saturated carbocycles. The van der Waals surface area contributed by atoms with Crippen LogP contribution < -0.4 is 4.74 Å². The van der Waals surface area contributed by atoms with Gasteiger partial charge in [-0.3, -0.25) is 9.69 Å². The molecule has 1 saturated heterocycles. The van der Waals surface area contributed by atoms with Crippen molar-refractivity contribution in [2.75, 3.05) is 20.2 Å². The maximum Gasteiger partial charge on any atom is 0.309 e. The molecule has 0 unspecified atom stereocenters. The molecule has 0 spiro atoms. The molecule has 0 aliphatic carbocycles. The predicted molar refractivity (Wildman–Crippen MR) is 59.4 cm³/mol. The van der Waals surface area contributed by atoms with E-state index in [-0.39, 0.29) is 17.5 Å². The first-order valence-corrected chi connectivity index (χ1v) is 5.37. The average molecular weight is 239 g/mol. The van der Waals surface area contributed by atoms with Crippen molar-refractivity contribution in [2.24, 2.45) is 5.92 Å². The number of carboxylic acids is 1. The van der Waals surface area contributed by atoms with Crippen molar-refractivity contribution in [3.63, 3.8) is 0 Å². The number of carboxylic acid groups (broad SMARTS) is 1. The van der Waals surface area contributed by atoms with Crippen LogP contribution in [0.25, 0.3) is 0 Å². The summed E-state index contributed by atoms with van der Waals surface area (Å²) in [5, 5.41) is 8.73. The van der Waals surface area contributed by atoms with E-state index in [1.54, 1.807) is 12.1 Å². The molecule has 0 amide bonds. The van der Waals surface area contributed by atoms with Gasteiger partial charge in [-0.1, -0.05) is 6.07 Å². The molecule has 4 nitrogen and oxygen atoms in total. The van der Waals surface area contributed by atoms with E-state index in [1.165, 1.54) is 13.2 Å². The van der Waals surface area contributed by atoms with Gasteiger partial charge in [0.1, 0.15) is 0 Å². The SMILES string of the molecule is COc1ccc(CN2CC(C(=O)O)C2)cc1F. The third-order valence-electron chi connectivity index (χ3n) is 2.93. The molecule has 1 fully saturated rings. The zero-order valence-electron chi connectivity index (χ0n) is 9.52. The summed E-state index contributed by atoms with van der Waals surface area (Å²) in [6, 6.07) is 4.79. The fraction of sp³-hybridized carbons (Fsp3) is 0.417. The van der Waals surface area contributed by atoms with Crippen LogP contribution in [0, 0.1) is 11.7 Å². The topological polar surface area (TPSA) is 49.8 Å². The van der Waals surface area contributed by atoms with Crippen molar-refractivity contribution in [2.45, 2.75) is 6.54 Å². The van der Waals surface area contributed by atoms with Crippen LogP contribution in [0.4, 0.5) is 4.39 Å². The number of methoxy groups -OCH3 is 1. The lowest BCUT2D eigenvalue weighted by molar-refractivity contribution is -0.147. The van der Waals surface area contributed by atoms with Crippen LogP contribution in [0.1, 0.15) is 5.56 Å². The van der Waals surface area contributed by atoms with Gasteiger partial charge in [0.15, 0.2) is 11.6 Å². The summed E-state index contributed by atoms with van der Waals surface area (Å²) in [5.41, 5.74) is 0.826. The highest BCUT2D eigenvalue weighted by molar-refractivity contribution is 5.71. The zero-order chi connectivity index (χ0) is 12.4. The van der Waals surface area contributed by atoms with E-state index < -0.39 is 5.97 Å². The average Bonchev–Trinajstić information content (AvgIpc) is 2.22. The molecular weight excluding hydrogens is 225 g/mol. The van der Waals surface area contributed by atoms with E-state index in [4.69, 9.17) is 9.84 Å². The number of carbonyl (C=O) groups is 1. The minimum Gasteiger partial charge on any atom is -0.494 e.